The highest BCUT2D eigenvalue weighted by Gasteiger charge is 2.18. The molecule has 0 bridgehead atoms. The van der Waals surface area contributed by atoms with Crippen LogP contribution in [0.25, 0.3) is 0 Å². The minimum Gasteiger partial charge on any atom is -0.481 e. The molecule has 0 unspecified atom stereocenters. The summed E-state index contributed by atoms with van der Waals surface area (Å²) >= 11 is 4.96. The Hall–Kier alpha value is -0.695. The lowest BCUT2D eigenvalue weighted by Gasteiger charge is -2.23. The highest BCUT2D eigenvalue weighted by molar-refractivity contribution is 7.80. The zero-order valence-electron chi connectivity index (χ0n) is 8.46. The number of aliphatic carboxylic acids is 1. The Bertz CT molecular complexity index is 239. The normalized spacial score (nSPS) is 12.0. The average Bonchev–Trinajstić information content (AvgIpc) is 2.11. The first kappa shape index (κ1) is 14.3. The van der Waals surface area contributed by atoms with E-state index in [-0.39, 0.29) is 19.3 Å². The molecule has 0 aromatic heterocycles. The molecule has 0 saturated carbocycles. The van der Waals surface area contributed by atoms with E-state index in [2.05, 4.69) is 0 Å². The van der Waals surface area contributed by atoms with Gasteiger partial charge in [-0.25, -0.2) is 0 Å². The second-order valence-corrected chi connectivity index (χ2v) is 3.66. The highest BCUT2D eigenvalue weighted by Crippen LogP contribution is 2.01. The van der Waals surface area contributed by atoms with Gasteiger partial charge in [0.2, 0.25) is 0 Å². The van der Waals surface area contributed by atoms with E-state index < -0.39 is 19.1 Å². The van der Waals surface area contributed by atoms with Gasteiger partial charge in [-0.2, -0.15) is 0 Å². The van der Waals surface area contributed by atoms with Crippen LogP contribution in [0.5, 0.6) is 0 Å². The van der Waals surface area contributed by atoms with Crippen LogP contribution in [-0.2, 0) is 4.79 Å². The fraction of sp³-hybridized carbons (Fsp3) is 0.714. The second kappa shape index (κ2) is 6.73. The average molecular weight is 234 g/mol. The summed E-state index contributed by atoms with van der Waals surface area (Å²) < 4.78 is 0. The quantitative estimate of drug-likeness (QED) is 0.325. The molecule has 5 N–H and O–H groups in total. The van der Waals surface area contributed by atoms with Gasteiger partial charge in [0.1, 0.15) is 0 Å². The molecule has 0 saturated heterocycles. The molecule has 0 amide bonds. The standard InChI is InChI=1S/C7H15BN2O4S/c1-10(4-8(13)14)7(15)5(9)2-3-6(11)12/h5,13-14H,2-4,9H2,1H3,(H,11,12)/t5-/m0/s1. The van der Waals surface area contributed by atoms with Crippen LogP contribution >= 0.6 is 12.2 Å². The van der Waals surface area contributed by atoms with Gasteiger partial charge in [0, 0.05) is 13.5 Å². The van der Waals surface area contributed by atoms with Crippen molar-refractivity contribution in [2.75, 3.05) is 13.5 Å². The van der Waals surface area contributed by atoms with Crippen molar-refractivity contribution in [3.05, 3.63) is 0 Å². The number of carboxylic acid groups (broad SMARTS) is 1. The number of hydrogen-bond donors (Lipinski definition) is 4. The molecular weight excluding hydrogens is 219 g/mol. The molecule has 0 aliphatic rings. The SMILES string of the molecule is CN(CB(O)O)C(=S)[C@@H](N)CCC(=O)O. The lowest BCUT2D eigenvalue weighted by molar-refractivity contribution is -0.137. The van der Waals surface area contributed by atoms with E-state index in [0.29, 0.717) is 4.99 Å². The number of thiocarbonyl (C=S) groups is 1. The predicted octanol–water partition coefficient (Wildman–Crippen LogP) is -1.55. The molecule has 0 aliphatic carbocycles. The lowest BCUT2D eigenvalue weighted by Crippen LogP contribution is -2.44. The zero-order valence-corrected chi connectivity index (χ0v) is 9.28. The Labute approximate surface area is 93.8 Å². The first-order valence-corrected chi connectivity index (χ1v) is 4.84. The van der Waals surface area contributed by atoms with Crippen molar-refractivity contribution < 1.29 is 19.9 Å². The predicted molar refractivity (Wildman–Crippen MR) is 60.3 cm³/mol. The summed E-state index contributed by atoms with van der Waals surface area (Å²) in [5.41, 5.74) is 5.63. The number of hydrogen-bond acceptors (Lipinski definition) is 5. The fourth-order valence-electron chi connectivity index (χ4n) is 1.02. The molecule has 0 fully saturated rings. The third-order valence-corrected chi connectivity index (χ3v) is 2.41. The zero-order chi connectivity index (χ0) is 12.0. The van der Waals surface area contributed by atoms with E-state index >= 15 is 0 Å². The summed E-state index contributed by atoms with van der Waals surface area (Å²) in [6.07, 6.45) is 0.135. The van der Waals surface area contributed by atoms with Crippen LogP contribution < -0.4 is 5.73 Å². The summed E-state index contributed by atoms with van der Waals surface area (Å²) in [4.78, 5) is 12.0. The Kier molecular flexibility index (Phi) is 6.42. The van der Waals surface area contributed by atoms with E-state index in [4.69, 9.17) is 33.1 Å². The van der Waals surface area contributed by atoms with Crippen molar-refractivity contribution >= 4 is 30.3 Å². The van der Waals surface area contributed by atoms with Crippen molar-refractivity contribution in [3.8, 4) is 0 Å². The van der Waals surface area contributed by atoms with Gasteiger partial charge in [0.05, 0.1) is 17.5 Å². The summed E-state index contributed by atoms with van der Waals surface area (Å²) in [5.74, 6) is -0.932. The molecule has 0 heterocycles. The number of nitrogens with two attached hydrogens (primary N) is 1. The summed E-state index contributed by atoms with van der Waals surface area (Å²) in [5, 5.41) is 25.8. The van der Waals surface area contributed by atoms with Gasteiger partial charge in [-0.1, -0.05) is 12.2 Å². The van der Waals surface area contributed by atoms with E-state index in [1.165, 1.54) is 4.90 Å². The second-order valence-electron chi connectivity index (χ2n) is 3.24. The molecule has 8 heteroatoms. The molecule has 1 atom stereocenters. The van der Waals surface area contributed by atoms with Crippen LogP contribution in [0.1, 0.15) is 12.8 Å². The van der Waals surface area contributed by atoms with Crippen LogP contribution in [0, 0.1) is 0 Å². The molecule has 0 radical (unpaired) electrons. The Balaban J connectivity index is 4.01. The van der Waals surface area contributed by atoms with Crippen LogP contribution in [0.3, 0.4) is 0 Å². The van der Waals surface area contributed by atoms with Crippen molar-refractivity contribution in [1.82, 2.24) is 4.90 Å². The molecule has 0 aliphatic heterocycles. The summed E-state index contributed by atoms with van der Waals surface area (Å²) in [6.45, 7) is 0. The maximum absolute atomic E-state index is 10.3. The number of carbonyl (C=O) groups is 1. The lowest BCUT2D eigenvalue weighted by atomic mass is 9.91. The number of rotatable bonds is 6. The number of likely N-dealkylation sites (N-methyl/N-ethyl adjacent to an activating group) is 1. The maximum atomic E-state index is 10.3. The molecule has 0 aromatic rings. The van der Waals surface area contributed by atoms with Crippen LogP contribution in [0.4, 0.5) is 0 Å². The highest BCUT2D eigenvalue weighted by atomic mass is 32.1. The van der Waals surface area contributed by atoms with Gasteiger partial charge in [-0.3, -0.25) is 4.79 Å². The Morgan fingerprint density at radius 2 is 2.13 bits per heavy atom. The van der Waals surface area contributed by atoms with Crippen LogP contribution in [0.2, 0.25) is 0 Å². The third-order valence-electron chi connectivity index (χ3n) is 1.80. The molecule has 15 heavy (non-hydrogen) atoms. The molecule has 86 valence electrons. The molecule has 0 rings (SSSR count). The van der Waals surface area contributed by atoms with Gasteiger partial charge in [-0.05, 0) is 6.42 Å². The largest absolute Gasteiger partial charge is 0.481 e. The van der Waals surface area contributed by atoms with Crippen molar-refractivity contribution in [2.24, 2.45) is 5.73 Å². The molecular formula is C7H15BN2O4S. The van der Waals surface area contributed by atoms with Gasteiger partial charge >= 0.3 is 13.1 Å². The molecule has 0 aromatic carbocycles. The smallest absolute Gasteiger partial charge is 0.472 e. The van der Waals surface area contributed by atoms with E-state index in [0.717, 1.165) is 0 Å². The molecule has 0 spiro atoms. The Morgan fingerprint density at radius 1 is 1.60 bits per heavy atom. The first-order chi connectivity index (χ1) is 6.84. The van der Waals surface area contributed by atoms with Crippen molar-refractivity contribution in [3.63, 3.8) is 0 Å². The van der Waals surface area contributed by atoms with Crippen LogP contribution in [0.15, 0.2) is 0 Å². The maximum Gasteiger partial charge on any atom is 0.472 e. The number of carboxylic acids is 1. The monoisotopic (exact) mass is 234 g/mol. The van der Waals surface area contributed by atoms with Crippen molar-refractivity contribution in [2.45, 2.75) is 18.9 Å². The van der Waals surface area contributed by atoms with E-state index in [1.807, 2.05) is 0 Å². The summed E-state index contributed by atoms with van der Waals surface area (Å²) in [6, 6.07) is -0.556. The van der Waals surface area contributed by atoms with Crippen LogP contribution in [-0.4, -0.2) is 57.7 Å². The third kappa shape index (κ3) is 6.40. The van der Waals surface area contributed by atoms with Gasteiger partial charge in [0.25, 0.3) is 0 Å². The van der Waals surface area contributed by atoms with E-state index in [9.17, 15) is 4.79 Å². The Morgan fingerprint density at radius 3 is 2.53 bits per heavy atom. The number of nitrogens with zero attached hydrogens (tertiary/aromatic N) is 1. The fourth-order valence-corrected chi connectivity index (χ4v) is 1.21. The van der Waals surface area contributed by atoms with E-state index in [1.54, 1.807) is 7.05 Å². The van der Waals surface area contributed by atoms with Gasteiger partial charge in [-0.15, -0.1) is 0 Å². The molecule has 6 nitrogen and oxygen atoms in total. The van der Waals surface area contributed by atoms with Gasteiger partial charge < -0.3 is 25.8 Å². The first-order valence-electron chi connectivity index (χ1n) is 4.43. The minimum atomic E-state index is -1.49. The summed E-state index contributed by atoms with van der Waals surface area (Å²) in [7, 11) is 0.0854. The van der Waals surface area contributed by atoms with Gasteiger partial charge in [0.15, 0.2) is 0 Å². The van der Waals surface area contributed by atoms with Crippen molar-refractivity contribution in [1.29, 1.82) is 0 Å². The topological polar surface area (TPSA) is 107 Å². The minimum absolute atomic E-state index is 0.0421.